The minimum Gasteiger partial charge on any atom is -0.498 e. The van der Waals surface area contributed by atoms with Crippen LogP contribution in [0.2, 0.25) is 0 Å². The first-order valence-electron chi connectivity index (χ1n) is 22.7. The summed E-state index contributed by atoms with van der Waals surface area (Å²) in [5.74, 6) is 3.72. The summed E-state index contributed by atoms with van der Waals surface area (Å²) in [5.41, 5.74) is 2.07. The molecule has 4 rings (SSSR count). The Hall–Kier alpha value is -3.34. The molecular formula is C49H78N2O8. The van der Waals surface area contributed by atoms with E-state index >= 15 is 0 Å². The van der Waals surface area contributed by atoms with E-state index in [4.69, 9.17) is 23.7 Å². The number of allylic oxidation sites excluding steroid dienone is 9. The number of aliphatic hydroxyl groups is 1. The number of hydrogen-bond donors (Lipinski definition) is 3. The van der Waals surface area contributed by atoms with Gasteiger partial charge in [-0.05, 0) is 159 Å². The summed E-state index contributed by atoms with van der Waals surface area (Å²) < 4.78 is 29.5. The van der Waals surface area contributed by atoms with Gasteiger partial charge in [-0.15, -0.1) is 0 Å². The van der Waals surface area contributed by atoms with Gasteiger partial charge in [-0.25, -0.2) is 4.79 Å². The third-order valence-corrected chi connectivity index (χ3v) is 12.1. The maximum absolute atomic E-state index is 12.1. The van der Waals surface area contributed by atoms with Crippen molar-refractivity contribution in [3.8, 4) is 0 Å². The van der Waals surface area contributed by atoms with Gasteiger partial charge in [0.15, 0.2) is 0 Å². The molecule has 0 radical (unpaired) electrons. The fraction of sp³-hybridized carbons (Fsp3) is 0.714. The lowest BCUT2D eigenvalue weighted by Gasteiger charge is -2.41. The largest absolute Gasteiger partial charge is 0.498 e. The third-order valence-electron chi connectivity index (χ3n) is 12.1. The number of ether oxygens (including phenoxy) is 5. The van der Waals surface area contributed by atoms with Crippen LogP contribution in [-0.2, 0) is 28.5 Å². The summed E-state index contributed by atoms with van der Waals surface area (Å²) in [7, 11) is 1.41. The van der Waals surface area contributed by atoms with Gasteiger partial charge in [0, 0.05) is 31.1 Å². The Balaban J connectivity index is 1.20. The zero-order valence-electron chi connectivity index (χ0n) is 37.5. The fourth-order valence-corrected chi connectivity index (χ4v) is 9.00. The molecule has 10 nitrogen and oxygen atoms in total. The molecule has 4 aliphatic rings. The normalized spacial score (nSPS) is 26.4. The maximum atomic E-state index is 12.1. The van der Waals surface area contributed by atoms with E-state index in [1.807, 2.05) is 26.8 Å². The van der Waals surface area contributed by atoms with Gasteiger partial charge < -0.3 is 34.1 Å². The molecule has 0 saturated heterocycles. The monoisotopic (exact) mass is 823 g/mol. The number of carbonyl (C=O) groups excluding carboxylic acids is 2. The van der Waals surface area contributed by atoms with Crippen LogP contribution in [-0.4, -0.2) is 75.1 Å². The molecule has 7 unspecified atom stereocenters. The number of unbranched alkanes of at least 4 members (excludes halogenated alkanes) is 2. The lowest BCUT2D eigenvalue weighted by Crippen LogP contribution is -2.35. The van der Waals surface area contributed by atoms with Crippen LogP contribution >= 0.6 is 0 Å². The van der Waals surface area contributed by atoms with E-state index in [0.29, 0.717) is 75.7 Å². The summed E-state index contributed by atoms with van der Waals surface area (Å²) in [6.07, 6.45) is 30.8. The van der Waals surface area contributed by atoms with E-state index in [-0.39, 0.29) is 23.9 Å². The van der Waals surface area contributed by atoms with Gasteiger partial charge >= 0.3 is 12.1 Å². The van der Waals surface area contributed by atoms with E-state index in [1.54, 1.807) is 0 Å². The Bertz CT molecular complexity index is 1500. The molecule has 0 saturated carbocycles. The third kappa shape index (κ3) is 17.3. The highest BCUT2D eigenvalue weighted by Gasteiger charge is 2.41. The van der Waals surface area contributed by atoms with Gasteiger partial charge in [0.05, 0.1) is 32.2 Å². The Morgan fingerprint density at radius 3 is 2.46 bits per heavy atom. The molecule has 1 amide bonds. The van der Waals surface area contributed by atoms with Crippen LogP contribution < -0.4 is 10.6 Å². The first kappa shape index (κ1) is 48.3. The number of carbonyl (C=O) groups is 2. The maximum Gasteiger partial charge on any atom is 0.407 e. The number of aliphatic hydroxyl groups excluding tert-OH is 1. The highest BCUT2D eigenvalue weighted by Crippen LogP contribution is 2.50. The van der Waals surface area contributed by atoms with Gasteiger partial charge in [0.25, 0.3) is 0 Å². The predicted molar refractivity (Wildman–Crippen MR) is 235 cm³/mol. The van der Waals surface area contributed by atoms with E-state index in [0.717, 1.165) is 56.5 Å². The van der Waals surface area contributed by atoms with Gasteiger partial charge in [-0.3, -0.25) is 10.1 Å². The molecule has 10 heteroatoms. The lowest BCUT2D eigenvalue weighted by molar-refractivity contribution is -0.140. The summed E-state index contributed by atoms with van der Waals surface area (Å²) in [5, 5.41) is 16.2. The van der Waals surface area contributed by atoms with Crippen molar-refractivity contribution in [3.05, 3.63) is 71.3 Å². The minimum absolute atomic E-state index is 0.159. The second kappa shape index (κ2) is 24.8. The Morgan fingerprint density at radius 1 is 0.932 bits per heavy atom. The number of nitrogens with one attached hydrogen (secondary N) is 2. The lowest BCUT2D eigenvalue weighted by atomic mass is 9.64. The van der Waals surface area contributed by atoms with Gasteiger partial charge in [-0.2, -0.15) is 0 Å². The van der Waals surface area contributed by atoms with Crippen LogP contribution in [0.25, 0.3) is 0 Å². The molecule has 59 heavy (non-hydrogen) atoms. The second-order valence-electron chi connectivity index (χ2n) is 18.5. The Kier molecular flexibility index (Phi) is 20.3. The molecular weight excluding hydrogens is 745 g/mol. The van der Waals surface area contributed by atoms with Crippen molar-refractivity contribution < 1.29 is 38.4 Å². The molecule has 0 heterocycles. The van der Waals surface area contributed by atoms with Crippen molar-refractivity contribution in [2.75, 3.05) is 40.0 Å². The van der Waals surface area contributed by atoms with Crippen molar-refractivity contribution in [2.45, 2.75) is 156 Å². The highest BCUT2D eigenvalue weighted by molar-refractivity contribution is 5.69. The van der Waals surface area contributed by atoms with Gasteiger partial charge in [0.2, 0.25) is 0 Å². The summed E-state index contributed by atoms with van der Waals surface area (Å²) in [4.78, 5) is 23.9. The van der Waals surface area contributed by atoms with Crippen molar-refractivity contribution in [3.63, 3.8) is 0 Å². The van der Waals surface area contributed by atoms with E-state index in [2.05, 4.69) is 73.9 Å². The topological polar surface area (TPSA) is 125 Å². The van der Waals surface area contributed by atoms with Crippen LogP contribution in [0.4, 0.5) is 4.79 Å². The highest BCUT2D eigenvalue weighted by atomic mass is 16.6. The molecule has 0 aliphatic heterocycles. The molecule has 3 N–H and O–H groups in total. The molecule has 0 aromatic heterocycles. The van der Waals surface area contributed by atoms with Crippen molar-refractivity contribution in [1.29, 1.82) is 0 Å². The molecule has 7 atom stereocenters. The molecule has 0 fully saturated rings. The smallest absolute Gasteiger partial charge is 0.407 e. The second-order valence-corrected chi connectivity index (χ2v) is 18.5. The number of alkyl carbamates (subject to hydrolysis) is 1. The first-order chi connectivity index (χ1) is 28.3. The van der Waals surface area contributed by atoms with Crippen molar-refractivity contribution >= 4 is 12.1 Å². The molecule has 0 spiro atoms. The average Bonchev–Trinajstić information content (AvgIpc) is 3.33. The standard InChI is InChI=1S/C49H78N2O8/c1-36-18-14-21-40(32-36)49(6)34-37(2)44(33-39(35-49)38-19-10-8-11-20-38)58-30-13-9-12-29-56-42-22-15-23-43(41(42)25-26-46(53)55-7)57-31-16-24-45(52)50-27-17-28-51-47(54)59-48(3,4)5/h10,14-15,18-19,23,32-33,37-40,42,45,50,52H,8-9,11-13,16-17,20-22,24-31,34-35H2,1-7H3,(H,51,54). The molecule has 0 aromatic carbocycles. The quantitative estimate of drug-likeness (QED) is 0.0400. The number of amides is 1. The van der Waals surface area contributed by atoms with Gasteiger partial charge in [-0.1, -0.05) is 55.9 Å². The molecule has 4 aliphatic carbocycles. The SMILES string of the molecule is COC(=O)CCC1=C(OCCCC(O)NCCCNC(=O)OC(C)(C)C)C=CCC1OCCCCCOC1=CC(C2C=CCCC2)CC(C)(C2C=C(C)C=CC2)CC1C. The fourth-order valence-electron chi connectivity index (χ4n) is 9.00. The average molecular weight is 823 g/mol. The van der Waals surface area contributed by atoms with Crippen LogP contribution in [0.3, 0.4) is 0 Å². The predicted octanol–water partition coefficient (Wildman–Crippen LogP) is 10.2. The van der Waals surface area contributed by atoms with E-state index in [1.165, 1.54) is 44.1 Å². The summed E-state index contributed by atoms with van der Waals surface area (Å²) >= 11 is 0. The first-order valence-corrected chi connectivity index (χ1v) is 22.7. The summed E-state index contributed by atoms with van der Waals surface area (Å²) in [6.45, 7) is 15.4. The zero-order valence-corrected chi connectivity index (χ0v) is 37.5. The molecule has 332 valence electrons. The number of esters is 1. The van der Waals surface area contributed by atoms with Gasteiger partial charge in [0.1, 0.15) is 17.6 Å². The van der Waals surface area contributed by atoms with Crippen LogP contribution in [0.5, 0.6) is 0 Å². The van der Waals surface area contributed by atoms with Crippen LogP contribution in [0, 0.1) is 29.1 Å². The van der Waals surface area contributed by atoms with Crippen LogP contribution in [0.15, 0.2) is 71.3 Å². The minimum atomic E-state index is -0.679. The zero-order chi connectivity index (χ0) is 42.7. The number of methoxy groups -OCH3 is 1. The van der Waals surface area contributed by atoms with Crippen molar-refractivity contribution in [1.82, 2.24) is 10.6 Å². The number of hydrogen-bond acceptors (Lipinski definition) is 9. The summed E-state index contributed by atoms with van der Waals surface area (Å²) in [6, 6.07) is 0. The molecule has 0 bridgehead atoms. The van der Waals surface area contributed by atoms with Crippen molar-refractivity contribution in [2.24, 2.45) is 29.1 Å². The molecule has 0 aromatic rings. The van der Waals surface area contributed by atoms with E-state index in [9.17, 15) is 14.7 Å². The van der Waals surface area contributed by atoms with E-state index < -0.39 is 17.9 Å². The number of rotatable bonds is 23. The van der Waals surface area contributed by atoms with Crippen LogP contribution in [0.1, 0.15) is 138 Å². The Morgan fingerprint density at radius 2 is 1.71 bits per heavy atom. The Labute approximate surface area is 356 Å².